The number of fused-ring (bicyclic) bond motifs is 1. The predicted octanol–water partition coefficient (Wildman–Crippen LogP) is 1.34. The Morgan fingerprint density at radius 3 is 2.59 bits per heavy atom. The minimum atomic E-state index is -0.800. The van der Waals surface area contributed by atoms with E-state index >= 15 is 0 Å². The summed E-state index contributed by atoms with van der Waals surface area (Å²) in [5.41, 5.74) is 8.34. The van der Waals surface area contributed by atoms with Gasteiger partial charge in [-0.1, -0.05) is 12.1 Å². The molecule has 4 N–H and O–H groups in total. The van der Waals surface area contributed by atoms with Gasteiger partial charge in [-0.3, -0.25) is 24.4 Å². The van der Waals surface area contributed by atoms with E-state index in [1.165, 1.54) is 0 Å². The fraction of sp³-hybridized carbons (Fsp3) is 0.304. The first-order valence-corrected chi connectivity index (χ1v) is 10.5. The van der Waals surface area contributed by atoms with Crippen LogP contribution in [0, 0.1) is 0 Å². The van der Waals surface area contributed by atoms with E-state index in [1.807, 2.05) is 35.2 Å². The zero-order chi connectivity index (χ0) is 22.5. The second-order valence-corrected chi connectivity index (χ2v) is 7.96. The van der Waals surface area contributed by atoms with Crippen molar-refractivity contribution in [2.75, 3.05) is 38.5 Å². The van der Waals surface area contributed by atoms with Gasteiger partial charge < -0.3 is 16.2 Å². The summed E-state index contributed by atoms with van der Waals surface area (Å²) in [6.45, 7) is 4.15. The summed E-state index contributed by atoms with van der Waals surface area (Å²) in [6.07, 6.45) is 5.00. The Morgan fingerprint density at radius 2 is 1.81 bits per heavy atom. The van der Waals surface area contributed by atoms with Crippen LogP contribution in [0.4, 0.5) is 5.82 Å². The number of carbonyl (C=O) groups is 2. The Bertz CT molecular complexity index is 1130. The van der Waals surface area contributed by atoms with Crippen LogP contribution in [0.15, 0.2) is 48.9 Å². The third kappa shape index (κ3) is 5.37. The van der Waals surface area contributed by atoms with Crippen LogP contribution in [-0.2, 0) is 17.9 Å². The molecule has 1 aliphatic rings. The van der Waals surface area contributed by atoms with Crippen molar-refractivity contribution in [2.24, 2.45) is 0 Å². The van der Waals surface area contributed by atoms with Crippen LogP contribution in [0.25, 0.3) is 10.8 Å². The van der Waals surface area contributed by atoms with Gasteiger partial charge in [0.25, 0.3) is 5.91 Å². The number of anilines is 1. The maximum atomic E-state index is 12.7. The van der Waals surface area contributed by atoms with Crippen LogP contribution in [0.5, 0.6) is 0 Å². The Balaban J connectivity index is 1.33. The van der Waals surface area contributed by atoms with Crippen molar-refractivity contribution < 1.29 is 14.7 Å². The number of carboxylic acids is 1. The molecule has 1 aromatic carbocycles. The van der Waals surface area contributed by atoms with Crippen LogP contribution in [0.3, 0.4) is 0 Å². The number of nitrogens with one attached hydrogen (secondary N) is 1. The minimum absolute atomic E-state index is 0.0759. The standard InChI is InChI=1S/C23H26N6O3/c24-22-20-2-1-16(9-18(20)3-4-26-22)12-27-23(32)19-10-17(11-25-13-19)14-28-5-7-29(8-6-28)15-21(30)31/h1-4,9-11,13H,5-8,12,14-15H2,(H2,24,26)(H,27,32)(H,30,31). The smallest absolute Gasteiger partial charge is 0.317 e. The number of nitrogens with two attached hydrogens (primary N) is 1. The number of nitrogen functional groups attached to an aromatic ring is 1. The van der Waals surface area contributed by atoms with Crippen molar-refractivity contribution >= 4 is 28.5 Å². The number of carbonyl (C=O) groups excluding carboxylic acids is 1. The number of pyridine rings is 2. The zero-order valence-corrected chi connectivity index (χ0v) is 17.7. The number of aromatic nitrogens is 2. The van der Waals surface area contributed by atoms with Crippen molar-refractivity contribution in [1.29, 1.82) is 0 Å². The van der Waals surface area contributed by atoms with E-state index in [-0.39, 0.29) is 12.5 Å². The Hall–Kier alpha value is -3.56. The molecule has 0 spiro atoms. The van der Waals surface area contributed by atoms with Gasteiger partial charge in [-0.25, -0.2) is 4.98 Å². The highest BCUT2D eigenvalue weighted by Gasteiger charge is 2.19. The van der Waals surface area contributed by atoms with Crippen LogP contribution < -0.4 is 11.1 Å². The highest BCUT2D eigenvalue weighted by molar-refractivity contribution is 5.94. The molecule has 0 unspecified atom stereocenters. The van der Waals surface area contributed by atoms with Gasteiger partial charge >= 0.3 is 5.97 Å². The van der Waals surface area contributed by atoms with Crippen molar-refractivity contribution in [1.82, 2.24) is 25.1 Å². The quantitative estimate of drug-likeness (QED) is 0.509. The van der Waals surface area contributed by atoms with Crippen molar-refractivity contribution in [3.8, 4) is 0 Å². The first-order chi connectivity index (χ1) is 15.5. The van der Waals surface area contributed by atoms with E-state index in [9.17, 15) is 9.59 Å². The first-order valence-electron chi connectivity index (χ1n) is 10.5. The molecule has 4 rings (SSSR count). The number of aliphatic carboxylic acids is 1. The van der Waals surface area contributed by atoms with Gasteiger partial charge in [0.1, 0.15) is 5.82 Å². The normalized spacial score (nSPS) is 15.0. The zero-order valence-electron chi connectivity index (χ0n) is 17.7. The van der Waals surface area contributed by atoms with Crippen molar-refractivity contribution in [3.63, 3.8) is 0 Å². The largest absolute Gasteiger partial charge is 0.480 e. The molecule has 166 valence electrons. The van der Waals surface area contributed by atoms with E-state index in [2.05, 4.69) is 20.2 Å². The van der Waals surface area contributed by atoms with Gasteiger partial charge in [0, 0.05) is 63.2 Å². The molecule has 1 aliphatic heterocycles. The number of carboxylic acid groups (broad SMARTS) is 1. The summed E-state index contributed by atoms with van der Waals surface area (Å²) in [7, 11) is 0. The van der Waals surface area contributed by atoms with Crippen LogP contribution in [-0.4, -0.2) is 69.5 Å². The summed E-state index contributed by atoms with van der Waals surface area (Å²) in [5, 5.41) is 13.7. The van der Waals surface area contributed by atoms with E-state index in [4.69, 9.17) is 10.8 Å². The predicted molar refractivity (Wildman–Crippen MR) is 121 cm³/mol. The second kappa shape index (κ2) is 9.71. The molecule has 0 aliphatic carbocycles. The Morgan fingerprint density at radius 1 is 1.03 bits per heavy atom. The summed E-state index contributed by atoms with van der Waals surface area (Å²) in [5.74, 6) is -0.490. The first kappa shape index (κ1) is 21.7. The lowest BCUT2D eigenvalue weighted by atomic mass is 10.1. The number of amides is 1. The topological polar surface area (TPSA) is 125 Å². The lowest BCUT2D eigenvalue weighted by molar-refractivity contribution is -0.138. The third-order valence-corrected chi connectivity index (χ3v) is 5.60. The average molecular weight is 435 g/mol. The maximum Gasteiger partial charge on any atom is 0.317 e. The van der Waals surface area contributed by atoms with Gasteiger partial charge in [-0.05, 0) is 34.7 Å². The van der Waals surface area contributed by atoms with Crippen LogP contribution >= 0.6 is 0 Å². The SMILES string of the molecule is Nc1nccc2cc(CNC(=O)c3cncc(CN4CCN(CC(=O)O)CC4)c3)ccc12. The highest BCUT2D eigenvalue weighted by Crippen LogP contribution is 2.20. The van der Waals surface area contributed by atoms with Crippen LogP contribution in [0.2, 0.25) is 0 Å². The number of piperazine rings is 1. The molecule has 1 saturated heterocycles. The Labute approximate surface area is 185 Å². The van der Waals surface area contributed by atoms with E-state index < -0.39 is 5.97 Å². The van der Waals surface area contributed by atoms with Crippen molar-refractivity contribution in [3.05, 3.63) is 65.6 Å². The molecule has 32 heavy (non-hydrogen) atoms. The molecule has 9 nitrogen and oxygen atoms in total. The lowest BCUT2D eigenvalue weighted by Crippen LogP contribution is -2.47. The van der Waals surface area contributed by atoms with E-state index in [1.54, 1.807) is 18.6 Å². The number of nitrogens with zero attached hydrogens (tertiary/aromatic N) is 4. The number of rotatable bonds is 7. The van der Waals surface area contributed by atoms with Gasteiger partial charge in [0.05, 0.1) is 12.1 Å². The fourth-order valence-electron chi connectivity index (χ4n) is 3.90. The molecule has 0 atom stereocenters. The summed E-state index contributed by atoms with van der Waals surface area (Å²) >= 11 is 0. The van der Waals surface area contributed by atoms with Gasteiger partial charge in [0.15, 0.2) is 0 Å². The molecule has 0 radical (unpaired) electrons. The summed E-state index contributed by atoms with van der Waals surface area (Å²) in [4.78, 5) is 36.0. The highest BCUT2D eigenvalue weighted by atomic mass is 16.4. The molecule has 9 heteroatoms. The molecule has 2 aromatic heterocycles. The molecule has 3 heterocycles. The molecule has 0 bridgehead atoms. The van der Waals surface area contributed by atoms with Gasteiger partial charge in [0.2, 0.25) is 0 Å². The molecule has 0 saturated carbocycles. The minimum Gasteiger partial charge on any atom is -0.480 e. The summed E-state index contributed by atoms with van der Waals surface area (Å²) < 4.78 is 0. The van der Waals surface area contributed by atoms with Gasteiger partial charge in [-0.15, -0.1) is 0 Å². The molecule has 1 fully saturated rings. The fourth-order valence-corrected chi connectivity index (χ4v) is 3.90. The lowest BCUT2D eigenvalue weighted by Gasteiger charge is -2.33. The molecular formula is C23H26N6O3. The molecule has 1 amide bonds. The number of hydrogen-bond acceptors (Lipinski definition) is 7. The summed E-state index contributed by atoms with van der Waals surface area (Å²) in [6, 6.07) is 9.59. The van der Waals surface area contributed by atoms with E-state index in [0.29, 0.717) is 37.6 Å². The third-order valence-electron chi connectivity index (χ3n) is 5.60. The second-order valence-electron chi connectivity index (χ2n) is 7.96. The van der Waals surface area contributed by atoms with Crippen molar-refractivity contribution in [2.45, 2.75) is 13.1 Å². The Kier molecular flexibility index (Phi) is 6.58. The maximum absolute atomic E-state index is 12.7. The van der Waals surface area contributed by atoms with Gasteiger partial charge in [-0.2, -0.15) is 0 Å². The van der Waals surface area contributed by atoms with E-state index in [0.717, 1.165) is 35.0 Å². The monoisotopic (exact) mass is 434 g/mol. The average Bonchev–Trinajstić information content (AvgIpc) is 2.79. The number of benzene rings is 1. The van der Waals surface area contributed by atoms with Crippen LogP contribution in [0.1, 0.15) is 21.5 Å². The number of hydrogen-bond donors (Lipinski definition) is 3. The molecular weight excluding hydrogens is 408 g/mol. The molecule has 3 aromatic rings.